The van der Waals surface area contributed by atoms with Crippen molar-refractivity contribution in [2.24, 2.45) is 5.92 Å². The van der Waals surface area contributed by atoms with E-state index in [1.807, 2.05) is 46.1 Å². The normalized spacial score (nSPS) is 15.4. The van der Waals surface area contributed by atoms with Crippen LogP contribution < -0.4 is 0 Å². The summed E-state index contributed by atoms with van der Waals surface area (Å²) in [7, 11) is 0. The van der Waals surface area contributed by atoms with Crippen LogP contribution in [0.4, 0.5) is 0 Å². The number of likely N-dealkylation sites (tertiary alicyclic amines) is 1. The van der Waals surface area contributed by atoms with Crippen LogP contribution in [0.1, 0.15) is 35.2 Å². The fraction of sp³-hybridized carbons (Fsp3) is 0.389. The summed E-state index contributed by atoms with van der Waals surface area (Å²) in [6.07, 6.45) is 5.36. The van der Waals surface area contributed by atoms with Gasteiger partial charge in [0.2, 0.25) is 0 Å². The lowest BCUT2D eigenvalue weighted by Crippen LogP contribution is -2.38. The van der Waals surface area contributed by atoms with Crippen LogP contribution in [-0.4, -0.2) is 44.8 Å². The summed E-state index contributed by atoms with van der Waals surface area (Å²) >= 11 is 0. The predicted octanol–water partition coefficient (Wildman–Crippen LogP) is 2.26. The number of hydrogen-bond donors (Lipinski definition) is 1. The van der Waals surface area contributed by atoms with Crippen LogP contribution in [0, 0.1) is 5.92 Å². The van der Waals surface area contributed by atoms with Crippen LogP contribution in [0.2, 0.25) is 0 Å². The molecule has 1 fully saturated rings. The van der Waals surface area contributed by atoms with E-state index >= 15 is 0 Å². The maximum absolute atomic E-state index is 12.5. The minimum absolute atomic E-state index is 0.0226. The molecule has 0 saturated carbocycles. The Morgan fingerprint density at radius 1 is 1.17 bits per heavy atom. The molecular weight excluding hydrogens is 306 g/mol. The van der Waals surface area contributed by atoms with Gasteiger partial charge in [-0.25, -0.2) is 0 Å². The van der Waals surface area contributed by atoms with Crippen molar-refractivity contribution >= 4 is 11.9 Å². The first-order valence-electron chi connectivity index (χ1n) is 8.19. The lowest BCUT2D eigenvalue weighted by molar-refractivity contribution is -0.138. The average Bonchev–Trinajstić information content (AvgIpc) is 3.08. The van der Waals surface area contributed by atoms with E-state index in [4.69, 9.17) is 5.11 Å². The number of nitrogens with zero attached hydrogens (tertiary/aromatic N) is 3. The minimum atomic E-state index is -0.757. The van der Waals surface area contributed by atoms with Crippen molar-refractivity contribution in [3.8, 4) is 0 Å². The molecule has 0 radical (unpaired) electrons. The number of hydrogen-bond acceptors (Lipinski definition) is 3. The second kappa shape index (κ2) is 7.29. The van der Waals surface area contributed by atoms with E-state index < -0.39 is 5.97 Å². The molecule has 6 heteroatoms. The molecule has 1 aliphatic heterocycles. The number of carbonyl (C=O) groups excluding carboxylic acids is 1. The first kappa shape index (κ1) is 16.2. The number of rotatable bonds is 5. The zero-order valence-corrected chi connectivity index (χ0v) is 13.5. The molecule has 24 heavy (non-hydrogen) atoms. The smallest absolute Gasteiger partial charge is 0.303 e. The highest BCUT2D eigenvalue weighted by atomic mass is 16.4. The number of carbonyl (C=O) groups is 2. The van der Waals surface area contributed by atoms with Crippen molar-refractivity contribution in [2.45, 2.75) is 25.8 Å². The SMILES string of the molecule is O=C(O)CC1CCN(C(=O)c2ccc(Cn3cccn3)cc2)CC1. The van der Waals surface area contributed by atoms with Gasteiger partial charge in [-0.1, -0.05) is 12.1 Å². The van der Waals surface area contributed by atoms with E-state index in [-0.39, 0.29) is 18.2 Å². The molecule has 2 aromatic rings. The van der Waals surface area contributed by atoms with Gasteiger partial charge in [-0.15, -0.1) is 0 Å². The van der Waals surface area contributed by atoms with Crippen LogP contribution in [0.3, 0.4) is 0 Å². The lowest BCUT2D eigenvalue weighted by Gasteiger charge is -2.31. The summed E-state index contributed by atoms with van der Waals surface area (Å²) in [4.78, 5) is 25.1. The number of aliphatic carboxylic acids is 1. The van der Waals surface area contributed by atoms with Crippen LogP contribution in [0.25, 0.3) is 0 Å². The van der Waals surface area contributed by atoms with E-state index in [2.05, 4.69) is 5.10 Å². The van der Waals surface area contributed by atoms with E-state index in [0.29, 0.717) is 25.2 Å². The van der Waals surface area contributed by atoms with Crippen molar-refractivity contribution in [3.05, 3.63) is 53.9 Å². The van der Waals surface area contributed by atoms with Gasteiger partial charge in [0.05, 0.1) is 6.54 Å². The fourth-order valence-electron chi connectivity index (χ4n) is 3.10. The topological polar surface area (TPSA) is 75.4 Å². The molecule has 1 aliphatic rings. The molecule has 1 amide bonds. The van der Waals surface area contributed by atoms with Crippen molar-refractivity contribution in [3.63, 3.8) is 0 Å². The van der Waals surface area contributed by atoms with Crippen molar-refractivity contribution in [1.82, 2.24) is 14.7 Å². The molecule has 0 unspecified atom stereocenters. The molecule has 1 aromatic carbocycles. The average molecular weight is 327 g/mol. The fourth-order valence-corrected chi connectivity index (χ4v) is 3.10. The van der Waals surface area contributed by atoms with Crippen LogP contribution in [0.15, 0.2) is 42.7 Å². The number of carboxylic acids is 1. The van der Waals surface area contributed by atoms with E-state index in [1.54, 1.807) is 6.20 Å². The monoisotopic (exact) mass is 327 g/mol. The summed E-state index contributed by atoms with van der Waals surface area (Å²) in [5.74, 6) is -0.551. The quantitative estimate of drug-likeness (QED) is 0.914. The highest BCUT2D eigenvalue weighted by Gasteiger charge is 2.24. The molecule has 3 rings (SSSR count). The molecule has 0 aliphatic carbocycles. The zero-order valence-electron chi connectivity index (χ0n) is 13.5. The third kappa shape index (κ3) is 4.01. The first-order valence-corrected chi connectivity index (χ1v) is 8.19. The van der Waals surface area contributed by atoms with Crippen molar-refractivity contribution in [2.75, 3.05) is 13.1 Å². The van der Waals surface area contributed by atoms with Crippen LogP contribution in [-0.2, 0) is 11.3 Å². The Balaban J connectivity index is 1.56. The molecule has 6 nitrogen and oxygen atoms in total. The van der Waals surface area contributed by atoms with Gasteiger partial charge in [-0.3, -0.25) is 14.3 Å². The Kier molecular flexibility index (Phi) is 4.93. The molecule has 0 spiro atoms. The molecule has 1 aromatic heterocycles. The second-order valence-electron chi connectivity index (χ2n) is 6.23. The molecule has 1 saturated heterocycles. The Morgan fingerprint density at radius 2 is 1.88 bits per heavy atom. The van der Waals surface area contributed by atoms with Gasteiger partial charge in [-0.2, -0.15) is 5.10 Å². The summed E-state index contributed by atoms with van der Waals surface area (Å²) in [6.45, 7) is 1.94. The Bertz CT molecular complexity index is 687. The van der Waals surface area contributed by atoms with E-state index in [1.165, 1.54) is 0 Å². The summed E-state index contributed by atoms with van der Waals surface area (Å²) in [5.41, 5.74) is 1.77. The van der Waals surface area contributed by atoms with E-state index in [9.17, 15) is 9.59 Å². The van der Waals surface area contributed by atoms with Gasteiger partial charge < -0.3 is 10.0 Å². The Hall–Kier alpha value is -2.63. The predicted molar refractivity (Wildman–Crippen MR) is 88.7 cm³/mol. The van der Waals surface area contributed by atoms with Gasteiger partial charge in [-0.05, 0) is 42.5 Å². The van der Waals surface area contributed by atoms with Gasteiger partial charge in [0, 0.05) is 37.5 Å². The molecular formula is C18H21N3O3. The van der Waals surface area contributed by atoms with Crippen molar-refractivity contribution in [1.29, 1.82) is 0 Å². The van der Waals surface area contributed by atoms with E-state index in [0.717, 1.165) is 18.4 Å². The number of piperidine rings is 1. The molecule has 2 heterocycles. The summed E-state index contributed by atoms with van der Waals surface area (Å²) < 4.78 is 1.84. The minimum Gasteiger partial charge on any atom is -0.481 e. The number of benzene rings is 1. The first-order chi connectivity index (χ1) is 11.6. The Labute approximate surface area is 140 Å². The highest BCUT2D eigenvalue weighted by molar-refractivity contribution is 5.94. The van der Waals surface area contributed by atoms with Crippen LogP contribution in [0.5, 0.6) is 0 Å². The Morgan fingerprint density at radius 3 is 2.46 bits per heavy atom. The number of aromatic nitrogens is 2. The summed E-state index contributed by atoms with van der Waals surface area (Å²) in [6, 6.07) is 9.49. The van der Waals surface area contributed by atoms with Gasteiger partial charge >= 0.3 is 5.97 Å². The standard InChI is InChI=1S/C18H21N3O3/c22-17(23)12-14-6-10-20(11-7-14)18(24)16-4-2-15(3-5-16)13-21-9-1-8-19-21/h1-5,8-9,14H,6-7,10-13H2,(H,22,23). The van der Waals surface area contributed by atoms with Gasteiger partial charge in [0.1, 0.15) is 0 Å². The highest BCUT2D eigenvalue weighted by Crippen LogP contribution is 2.22. The molecule has 1 N–H and O–H groups in total. The third-order valence-electron chi connectivity index (χ3n) is 4.47. The second-order valence-corrected chi connectivity index (χ2v) is 6.23. The van der Waals surface area contributed by atoms with Crippen LogP contribution >= 0.6 is 0 Å². The third-order valence-corrected chi connectivity index (χ3v) is 4.47. The van der Waals surface area contributed by atoms with Crippen molar-refractivity contribution < 1.29 is 14.7 Å². The van der Waals surface area contributed by atoms with Gasteiger partial charge in [0.15, 0.2) is 0 Å². The molecule has 126 valence electrons. The maximum Gasteiger partial charge on any atom is 0.303 e. The maximum atomic E-state index is 12.5. The number of carboxylic acid groups (broad SMARTS) is 1. The largest absolute Gasteiger partial charge is 0.481 e. The molecule has 0 atom stereocenters. The zero-order chi connectivity index (χ0) is 16.9. The number of amides is 1. The molecule has 0 bridgehead atoms. The van der Waals surface area contributed by atoms with Gasteiger partial charge in [0.25, 0.3) is 5.91 Å². The summed E-state index contributed by atoms with van der Waals surface area (Å²) in [5, 5.41) is 13.0. The lowest BCUT2D eigenvalue weighted by atomic mass is 9.93.